The Balaban J connectivity index is 2.16. The van der Waals surface area contributed by atoms with Crippen molar-refractivity contribution in [2.75, 3.05) is 5.75 Å². The standard InChI is InChI=1S/C11H21NS/c1-4-5-6-7-8-10-12-11(2,3)9-13-10/h4-9H2,1-3H3. The topological polar surface area (TPSA) is 12.4 Å². The van der Waals surface area contributed by atoms with Gasteiger partial charge in [-0.1, -0.05) is 26.2 Å². The molecule has 1 aliphatic rings. The second-order valence-electron chi connectivity index (χ2n) is 4.42. The van der Waals surface area contributed by atoms with Gasteiger partial charge in [-0.15, -0.1) is 11.8 Å². The second kappa shape index (κ2) is 5.04. The van der Waals surface area contributed by atoms with Gasteiger partial charge in [0.25, 0.3) is 0 Å². The molecular formula is C11H21NS. The van der Waals surface area contributed by atoms with Crippen LogP contribution >= 0.6 is 11.8 Å². The van der Waals surface area contributed by atoms with Gasteiger partial charge in [-0.2, -0.15) is 0 Å². The van der Waals surface area contributed by atoms with Crippen LogP contribution in [0.4, 0.5) is 0 Å². The lowest BCUT2D eigenvalue weighted by atomic mass is 10.1. The van der Waals surface area contributed by atoms with E-state index in [-0.39, 0.29) is 5.54 Å². The van der Waals surface area contributed by atoms with Crippen LogP contribution in [0.5, 0.6) is 0 Å². The molecule has 0 spiro atoms. The van der Waals surface area contributed by atoms with Crippen molar-refractivity contribution in [3.05, 3.63) is 0 Å². The van der Waals surface area contributed by atoms with E-state index in [2.05, 4.69) is 20.8 Å². The van der Waals surface area contributed by atoms with E-state index in [4.69, 9.17) is 4.99 Å². The van der Waals surface area contributed by atoms with E-state index in [0.29, 0.717) is 0 Å². The molecule has 0 unspecified atom stereocenters. The summed E-state index contributed by atoms with van der Waals surface area (Å²) in [5.74, 6) is 1.18. The maximum atomic E-state index is 4.70. The quantitative estimate of drug-likeness (QED) is 0.612. The molecule has 1 heterocycles. The molecule has 0 saturated carbocycles. The van der Waals surface area contributed by atoms with Crippen molar-refractivity contribution < 1.29 is 0 Å². The van der Waals surface area contributed by atoms with Crippen molar-refractivity contribution in [3.8, 4) is 0 Å². The maximum Gasteiger partial charge on any atom is 0.0683 e. The third-order valence-corrected chi connectivity index (χ3v) is 3.74. The third-order valence-electron chi connectivity index (χ3n) is 2.26. The number of aliphatic imine (C=N–C) groups is 1. The van der Waals surface area contributed by atoms with Gasteiger partial charge in [0.2, 0.25) is 0 Å². The summed E-state index contributed by atoms with van der Waals surface area (Å²) in [7, 11) is 0. The van der Waals surface area contributed by atoms with Crippen molar-refractivity contribution in [3.63, 3.8) is 0 Å². The first-order valence-electron chi connectivity index (χ1n) is 5.35. The molecule has 0 aromatic rings. The molecule has 0 saturated heterocycles. The van der Waals surface area contributed by atoms with Gasteiger partial charge in [-0.3, -0.25) is 4.99 Å². The smallest absolute Gasteiger partial charge is 0.0683 e. The van der Waals surface area contributed by atoms with Gasteiger partial charge in [0.1, 0.15) is 0 Å². The highest BCUT2D eigenvalue weighted by Crippen LogP contribution is 2.29. The predicted octanol–water partition coefficient (Wildman–Crippen LogP) is 3.88. The van der Waals surface area contributed by atoms with E-state index >= 15 is 0 Å². The fourth-order valence-corrected chi connectivity index (χ4v) is 2.68. The zero-order valence-electron chi connectivity index (χ0n) is 9.10. The summed E-state index contributed by atoms with van der Waals surface area (Å²) in [6.07, 6.45) is 6.62. The number of unbranched alkanes of at least 4 members (excludes halogenated alkanes) is 3. The molecule has 0 amide bonds. The Hall–Kier alpha value is 0.0200. The molecule has 0 atom stereocenters. The molecule has 0 fully saturated rings. The summed E-state index contributed by atoms with van der Waals surface area (Å²) in [6, 6.07) is 0. The molecule has 0 aromatic carbocycles. The van der Waals surface area contributed by atoms with Gasteiger partial charge in [-0.25, -0.2) is 0 Å². The maximum absolute atomic E-state index is 4.70. The first kappa shape index (κ1) is 11.1. The highest BCUT2D eigenvalue weighted by atomic mass is 32.2. The Morgan fingerprint density at radius 1 is 1.31 bits per heavy atom. The van der Waals surface area contributed by atoms with E-state index in [1.165, 1.54) is 42.9 Å². The molecular weight excluding hydrogens is 178 g/mol. The fraction of sp³-hybridized carbons (Fsp3) is 0.909. The molecule has 1 nitrogen and oxygen atoms in total. The fourth-order valence-electron chi connectivity index (χ4n) is 1.49. The van der Waals surface area contributed by atoms with Crippen LogP contribution < -0.4 is 0 Å². The van der Waals surface area contributed by atoms with Gasteiger partial charge in [-0.05, 0) is 26.7 Å². The van der Waals surface area contributed by atoms with Crippen LogP contribution in [0.15, 0.2) is 4.99 Å². The van der Waals surface area contributed by atoms with Crippen LogP contribution in [0.2, 0.25) is 0 Å². The van der Waals surface area contributed by atoms with E-state index in [0.717, 1.165) is 0 Å². The molecule has 0 bridgehead atoms. The molecule has 0 N–H and O–H groups in total. The summed E-state index contributed by atoms with van der Waals surface area (Å²) < 4.78 is 0. The number of thioether (sulfide) groups is 1. The molecule has 0 aromatic heterocycles. The highest BCUT2D eigenvalue weighted by molar-refractivity contribution is 8.14. The van der Waals surface area contributed by atoms with E-state index in [1.54, 1.807) is 0 Å². The average Bonchev–Trinajstić information content (AvgIpc) is 2.40. The Bertz CT molecular complexity index is 185. The SMILES string of the molecule is CCCCCCC1=NC(C)(C)CS1. The number of hydrogen-bond acceptors (Lipinski definition) is 2. The third kappa shape index (κ3) is 4.17. The lowest BCUT2D eigenvalue weighted by Crippen LogP contribution is -2.15. The number of hydrogen-bond donors (Lipinski definition) is 0. The number of rotatable bonds is 5. The molecule has 2 heteroatoms. The van der Waals surface area contributed by atoms with Crippen molar-refractivity contribution in [1.82, 2.24) is 0 Å². The second-order valence-corrected chi connectivity index (χ2v) is 5.47. The van der Waals surface area contributed by atoms with E-state index in [1.807, 2.05) is 11.8 Å². The van der Waals surface area contributed by atoms with E-state index in [9.17, 15) is 0 Å². The lowest BCUT2D eigenvalue weighted by molar-refractivity contribution is 0.602. The Kier molecular flexibility index (Phi) is 4.30. The van der Waals surface area contributed by atoms with Crippen LogP contribution in [0.25, 0.3) is 0 Å². The van der Waals surface area contributed by atoms with Crippen molar-refractivity contribution in [1.29, 1.82) is 0 Å². The van der Waals surface area contributed by atoms with Gasteiger partial charge in [0.05, 0.1) is 10.6 Å². The van der Waals surface area contributed by atoms with Crippen molar-refractivity contribution in [2.24, 2.45) is 4.99 Å². The minimum absolute atomic E-state index is 0.213. The van der Waals surface area contributed by atoms with Gasteiger partial charge < -0.3 is 0 Å². The van der Waals surface area contributed by atoms with Gasteiger partial charge >= 0.3 is 0 Å². The minimum atomic E-state index is 0.213. The van der Waals surface area contributed by atoms with Gasteiger partial charge in [0.15, 0.2) is 0 Å². The summed E-state index contributed by atoms with van der Waals surface area (Å²) in [5.41, 5.74) is 0.213. The monoisotopic (exact) mass is 199 g/mol. The molecule has 1 aliphatic heterocycles. The summed E-state index contributed by atoms with van der Waals surface area (Å²) >= 11 is 1.96. The van der Waals surface area contributed by atoms with Gasteiger partial charge in [0, 0.05) is 5.75 Å². The van der Waals surface area contributed by atoms with Crippen LogP contribution in [0.3, 0.4) is 0 Å². The predicted molar refractivity (Wildman–Crippen MR) is 62.7 cm³/mol. The summed E-state index contributed by atoms with van der Waals surface area (Å²) in [4.78, 5) is 4.70. The summed E-state index contributed by atoms with van der Waals surface area (Å²) in [5, 5.41) is 1.39. The highest BCUT2D eigenvalue weighted by Gasteiger charge is 2.24. The molecule has 76 valence electrons. The normalized spacial score (nSPS) is 20.4. The Labute approximate surface area is 86.4 Å². The van der Waals surface area contributed by atoms with Crippen molar-refractivity contribution in [2.45, 2.75) is 58.4 Å². The van der Waals surface area contributed by atoms with Crippen LogP contribution in [0, 0.1) is 0 Å². The largest absolute Gasteiger partial charge is 0.276 e. The average molecular weight is 199 g/mol. The van der Waals surface area contributed by atoms with Crippen LogP contribution in [-0.2, 0) is 0 Å². The summed E-state index contributed by atoms with van der Waals surface area (Å²) in [6.45, 7) is 6.70. The zero-order chi connectivity index (χ0) is 9.73. The van der Waals surface area contributed by atoms with Crippen LogP contribution in [-0.4, -0.2) is 16.3 Å². The van der Waals surface area contributed by atoms with Crippen LogP contribution in [0.1, 0.15) is 52.9 Å². The Morgan fingerprint density at radius 2 is 2.08 bits per heavy atom. The Morgan fingerprint density at radius 3 is 2.62 bits per heavy atom. The first-order chi connectivity index (χ1) is 6.14. The molecule has 13 heavy (non-hydrogen) atoms. The molecule has 0 radical (unpaired) electrons. The lowest BCUT2D eigenvalue weighted by Gasteiger charge is -2.09. The zero-order valence-corrected chi connectivity index (χ0v) is 9.91. The minimum Gasteiger partial charge on any atom is -0.276 e. The number of nitrogens with zero attached hydrogens (tertiary/aromatic N) is 1. The van der Waals surface area contributed by atoms with E-state index < -0.39 is 0 Å². The first-order valence-corrected chi connectivity index (χ1v) is 6.34. The van der Waals surface area contributed by atoms with Crippen molar-refractivity contribution >= 4 is 16.8 Å². The molecule has 0 aliphatic carbocycles. The molecule has 1 rings (SSSR count).